The summed E-state index contributed by atoms with van der Waals surface area (Å²) in [6, 6.07) is 12.0. The second kappa shape index (κ2) is 5.50. The molecule has 0 unspecified atom stereocenters. The van der Waals surface area contributed by atoms with Crippen LogP contribution in [0.25, 0.3) is 5.52 Å². The second-order valence-corrected chi connectivity index (χ2v) is 5.86. The van der Waals surface area contributed by atoms with Crippen LogP contribution in [0.4, 0.5) is 4.39 Å². The number of imidazole rings is 1. The van der Waals surface area contributed by atoms with Gasteiger partial charge in [0.15, 0.2) is 5.69 Å². The Labute approximate surface area is 133 Å². The quantitative estimate of drug-likeness (QED) is 0.804. The number of fused-ring (bicyclic) bond motifs is 1. The van der Waals surface area contributed by atoms with Gasteiger partial charge in [0, 0.05) is 18.7 Å². The SMILES string of the molecule is O=C(NCc1cccc(F)c1)c1nc(C2CC2)n2ccccc12. The first kappa shape index (κ1) is 13.9. The van der Waals surface area contributed by atoms with Crippen LogP contribution in [-0.2, 0) is 6.54 Å². The zero-order valence-electron chi connectivity index (χ0n) is 12.5. The number of amides is 1. The lowest BCUT2D eigenvalue weighted by molar-refractivity contribution is 0.0948. The molecule has 0 atom stereocenters. The van der Waals surface area contributed by atoms with Crippen molar-refractivity contribution in [3.8, 4) is 0 Å². The van der Waals surface area contributed by atoms with Crippen LogP contribution in [0.1, 0.15) is 40.6 Å². The molecular weight excluding hydrogens is 293 g/mol. The van der Waals surface area contributed by atoms with Crippen molar-refractivity contribution >= 4 is 11.4 Å². The van der Waals surface area contributed by atoms with Gasteiger partial charge in [0.1, 0.15) is 11.6 Å². The average molecular weight is 309 g/mol. The van der Waals surface area contributed by atoms with Crippen LogP contribution in [-0.4, -0.2) is 15.3 Å². The van der Waals surface area contributed by atoms with Crippen LogP contribution in [0.5, 0.6) is 0 Å². The molecule has 1 saturated carbocycles. The van der Waals surface area contributed by atoms with Gasteiger partial charge in [-0.2, -0.15) is 0 Å². The lowest BCUT2D eigenvalue weighted by Gasteiger charge is -2.04. The summed E-state index contributed by atoms with van der Waals surface area (Å²) in [5.74, 6) is 0.872. The van der Waals surface area contributed by atoms with E-state index in [-0.39, 0.29) is 18.3 Å². The van der Waals surface area contributed by atoms with E-state index in [4.69, 9.17) is 0 Å². The van der Waals surface area contributed by atoms with Gasteiger partial charge in [-0.1, -0.05) is 18.2 Å². The van der Waals surface area contributed by atoms with E-state index < -0.39 is 0 Å². The third-order valence-electron chi connectivity index (χ3n) is 4.08. The van der Waals surface area contributed by atoms with Gasteiger partial charge in [-0.3, -0.25) is 4.79 Å². The first-order valence-electron chi connectivity index (χ1n) is 7.72. The second-order valence-electron chi connectivity index (χ2n) is 5.86. The summed E-state index contributed by atoms with van der Waals surface area (Å²) >= 11 is 0. The minimum absolute atomic E-state index is 0.232. The Morgan fingerprint density at radius 1 is 1.26 bits per heavy atom. The van der Waals surface area contributed by atoms with E-state index in [2.05, 4.69) is 10.3 Å². The van der Waals surface area contributed by atoms with Gasteiger partial charge in [0.25, 0.3) is 5.91 Å². The van der Waals surface area contributed by atoms with Crippen molar-refractivity contribution in [2.75, 3.05) is 0 Å². The lowest BCUT2D eigenvalue weighted by Crippen LogP contribution is -2.23. The average Bonchev–Trinajstić information content (AvgIpc) is 3.33. The van der Waals surface area contributed by atoms with E-state index in [1.807, 2.05) is 28.8 Å². The third kappa shape index (κ3) is 2.70. The maximum absolute atomic E-state index is 13.2. The van der Waals surface area contributed by atoms with Gasteiger partial charge in [0.05, 0.1) is 5.52 Å². The maximum Gasteiger partial charge on any atom is 0.272 e. The summed E-state index contributed by atoms with van der Waals surface area (Å²) in [4.78, 5) is 17.1. The van der Waals surface area contributed by atoms with Crippen LogP contribution < -0.4 is 5.32 Å². The monoisotopic (exact) mass is 309 g/mol. The molecule has 1 aliphatic carbocycles. The van der Waals surface area contributed by atoms with Gasteiger partial charge >= 0.3 is 0 Å². The number of nitrogens with one attached hydrogen (secondary N) is 1. The van der Waals surface area contributed by atoms with Crippen molar-refractivity contribution in [1.82, 2.24) is 14.7 Å². The molecule has 116 valence electrons. The minimum atomic E-state index is -0.305. The highest BCUT2D eigenvalue weighted by Crippen LogP contribution is 2.39. The summed E-state index contributed by atoms with van der Waals surface area (Å²) in [6.07, 6.45) is 4.19. The van der Waals surface area contributed by atoms with Crippen molar-refractivity contribution in [2.24, 2.45) is 0 Å². The van der Waals surface area contributed by atoms with Gasteiger partial charge in [-0.15, -0.1) is 0 Å². The Kier molecular flexibility index (Phi) is 3.33. The molecule has 0 bridgehead atoms. The molecule has 1 aliphatic rings. The minimum Gasteiger partial charge on any atom is -0.347 e. The predicted molar refractivity (Wildman–Crippen MR) is 84.7 cm³/mol. The summed E-state index contributed by atoms with van der Waals surface area (Å²) in [7, 11) is 0. The Balaban J connectivity index is 1.60. The zero-order chi connectivity index (χ0) is 15.8. The van der Waals surface area contributed by atoms with Crippen LogP contribution in [0, 0.1) is 5.82 Å². The summed E-state index contributed by atoms with van der Waals surface area (Å²) < 4.78 is 15.2. The number of nitrogens with zero attached hydrogens (tertiary/aromatic N) is 2. The molecule has 2 heterocycles. The fourth-order valence-corrected chi connectivity index (χ4v) is 2.77. The molecule has 1 N–H and O–H groups in total. The first-order chi connectivity index (χ1) is 11.2. The number of aromatic nitrogens is 2. The number of benzene rings is 1. The summed E-state index contributed by atoms with van der Waals surface area (Å²) in [6.45, 7) is 0.279. The molecule has 4 nitrogen and oxygen atoms in total. The molecule has 5 heteroatoms. The molecule has 23 heavy (non-hydrogen) atoms. The Morgan fingerprint density at radius 3 is 2.91 bits per heavy atom. The van der Waals surface area contributed by atoms with Crippen LogP contribution >= 0.6 is 0 Å². The van der Waals surface area contributed by atoms with Crippen LogP contribution in [0.15, 0.2) is 48.7 Å². The van der Waals surface area contributed by atoms with E-state index in [9.17, 15) is 9.18 Å². The molecule has 4 rings (SSSR count). The van der Waals surface area contributed by atoms with E-state index in [0.29, 0.717) is 11.6 Å². The molecule has 1 amide bonds. The number of hydrogen-bond acceptors (Lipinski definition) is 2. The molecule has 3 aromatic rings. The highest BCUT2D eigenvalue weighted by Gasteiger charge is 2.30. The third-order valence-corrected chi connectivity index (χ3v) is 4.08. The zero-order valence-corrected chi connectivity index (χ0v) is 12.5. The molecule has 1 fully saturated rings. The molecule has 0 spiro atoms. The van der Waals surface area contributed by atoms with E-state index in [1.54, 1.807) is 12.1 Å². The number of pyridine rings is 1. The first-order valence-corrected chi connectivity index (χ1v) is 7.72. The molecule has 2 aromatic heterocycles. The normalized spacial score (nSPS) is 14.1. The number of rotatable bonds is 4. The van der Waals surface area contributed by atoms with Gasteiger partial charge in [-0.25, -0.2) is 9.37 Å². The van der Waals surface area contributed by atoms with Gasteiger partial charge in [-0.05, 0) is 42.7 Å². The van der Waals surface area contributed by atoms with Gasteiger partial charge in [0.2, 0.25) is 0 Å². The Morgan fingerprint density at radius 2 is 2.13 bits per heavy atom. The van der Waals surface area contributed by atoms with Crippen LogP contribution in [0.2, 0.25) is 0 Å². The van der Waals surface area contributed by atoms with Crippen molar-refractivity contribution < 1.29 is 9.18 Å². The molecule has 0 saturated heterocycles. The Bertz CT molecular complexity index is 883. The Hall–Kier alpha value is -2.69. The highest BCUT2D eigenvalue weighted by atomic mass is 19.1. The smallest absolute Gasteiger partial charge is 0.272 e. The molecule has 1 aromatic carbocycles. The summed E-state index contributed by atoms with van der Waals surface area (Å²) in [5.41, 5.74) is 1.97. The van der Waals surface area contributed by atoms with Crippen LogP contribution in [0.3, 0.4) is 0 Å². The maximum atomic E-state index is 13.2. The number of hydrogen-bond donors (Lipinski definition) is 1. The van der Waals surface area contributed by atoms with E-state index in [0.717, 1.165) is 29.7 Å². The molecular formula is C18H16FN3O. The van der Waals surface area contributed by atoms with E-state index >= 15 is 0 Å². The fourth-order valence-electron chi connectivity index (χ4n) is 2.77. The number of carbonyl (C=O) groups excluding carboxylic acids is 1. The van der Waals surface area contributed by atoms with Crippen molar-refractivity contribution in [1.29, 1.82) is 0 Å². The predicted octanol–water partition coefficient (Wildman–Crippen LogP) is 3.28. The standard InChI is InChI=1S/C18H16FN3O/c19-14-5-3-4-12(10-14)11-20-18(23)16-15-6-1-2-9-22(15)17(21-16)13-7-8-13/h1-6,9-10,13H,7-8,11H2,(H,20,23). The highest BCUT2D eigenvalue weighted by molar-refractivity contribution is 5.99. The summed E-state index contributed by atoms with van der Waals surface area (Å²) in [5, 5.41) is 2.83. The molecule has 0 radical (unpaired) electrons. The molecule has 0 aliphatic heterocycles. The largest absolute Gasteiger partial charge is 0.347 e. The van der Waals surface area contributed by atoms with Gasteiger partial charge < -0.3 is 9.72 Å². The topological polar surface area (TPSA) is 46.4 Å². The lowest BCUT2D eigenvalue weighted by atomic mass is 10.2. The van der Waals surface area contributed by atoms with Crippen molar-refractivity contribution in [3.05, 3.63) is 71.6 Å². The van der Waals surface area contributed by atoms with Crippen molar-refractivity contribution in [3.63, 3.8) is 0 Å². The number of carbonyl (C=O) groups is 1. The van der Waals surface area contributed by atoms with Crippen molar-refractivity contribution in [2.45, 2.75) is 25.3 Å². The number of halogens is 1. The van der Waals surface area contributed by atoms with E-state index in [1.165, 1.54) is 12.1 Å². The fraction of sp³-hybridized carbons (Fsp3) is 0.222.